The van der Waals surface area contributed by atoms with Gasteiger partial charge >= 0.3 is 0 Å². The molecule has 0 radical (unpaired) electrons. The van der Waals surface area contributed by atoms with E-state index in [-0.39, 0.29) is 18.1 Å². The second-order valence-electron chi connectivity index (χ2n) is 7.98. The summed E-state index contributed by atoms with van der Waals surface area (Å²) in [6.07, 6.45) is 0. The lowest BCUT2D eigenvalue weighted by Crippen LogP contribution is -2.18. The quantitative estimate of drug-likeness (QED) is 0.487. The monoisotopic (exact) mass is 433 g/mol. The summed E-state index contributed by atoms with van der Waals surface area (Å²) < 4.78 is 11.1. The van der Waals surface area contributed by atoms with Gasteiger partial charge in [-0.2, -0.15) is 4.98 Å². The zero-order valence-corrected chi connectivity index (χ0v) is 18.5. The van der Waals surface area contributed by atoms with E-state index in [1.54, 1.807) is 0 Å². The fraction of sp³-hybridized carbons (Fsp3) is 0.364. The van der Waals surface area contributed by atoms with Crippen molar-refractivity contribution in [2.75, 3.05) is 0 Å². The van der Waals surface area contributed by atoms with Gasteiger partial charge in [0.2, 0.25) is 11.7 Å². The molecule has 1 N–H and O–H groups in total. The first kappa shape index (κ1) is 21.6. The van der Waals surface area contributed by atoms with Gasteiger partial charge in [0, 0.05) is 23.0 Å². The zero-order chi connectivity index (χ0) is 21.0. The van der Waals surface area contributed by atoms with E-state index < -0.39 is 0 Å². The van der Waals surface area contributed by atoms with Crippen molar-refractivity contribution in [2.45, 2.75) is 52.3 Å². The molecule has 0 unspecified atom stereocenters. The number of benzene rings is 2. The Morgan fingerprint density at radius 1 is 1.14 bits per heavy atom. The number of hydrogen-bond donors (Lipinski definition) is 1. The lowest BCUT2D eigenvalue weighted by atomic mass is 9.97. The van der Waals surface area contributed by atoms with Crippen molar-refractivity contribution < 1.29 is 9.26 Å². The van der Waals surface area contributed by atoms with Crippen LogP contribution in [-0.2, 0) is 18.6 Å². The summed E-state index contributed by atoms with van der Waals surface area (Å²) >= 11 is 12.4. The predicted octanol–water partition coefficient (Wildman–Crippen LogP) is 6.10. The van der Waals surface area contributed by atoms with Crippen LogP contribution in [0.1, 0.15) is 56.6 Å². The molecule has 1 aromatic heterocycles. The van der Waals surface area contributed by atoms with Crippen molar-refractivity contribution in [3.63, 3.8) is 0 Å². The Hall–Kier alpha value is -2.08. The molecule has 0 fully saturated rings. The molecule has 0 saturated carbocycles. The average Bonchev–Trinajstić information content (AvgIpc) is 3.15. The van der Waals surface area contributed by atoms with E-state index in [0.29, 0.717) is 29.0 Å². The van der Waals surface area contributed by atoms with E-state index in [0.717, 1.165) is 16.1 Å². The van der Waals surface area contributed by atoms with Crippen LogP contribution in [0.5, 0.6) is 5.75 Å². The van der Waals surface area contributed by atoms with Crippen molar-refractivity contribution >= 4 is 23.2 Å². The van der Waals surface area contributed by atoms with Gasteiger partial charge < -0.3 is 14.6 Å². The summed E-state index contributed by atoms with van der Waals surface area (Å²) in [5.74, 6) is 1.66. The highest BCUT2D eigenvalue weighted by atomic mass is 35.5. The summed E-state index contributed by atoms with van der Waals surface area (Å²) in [6.45, 7) is 9.00. The molecule has 154 valence electrons. The molecule has 3 aromatic rings. The Kier molecular flexibility index (Phi) is 6.83. The first-order chi connectivity index (χ1) is 13.7. The number of rotatable bonds is 7. The topological polar surface area (TPSA) is 60.2 Å². The number of nitrogens with one attached hydrogen (secondary N) is 1. The maximum atomic E-state index is 6.29. The molecular weight excluding hydrogens is 409 g/mol. The summed E-state index contributed by atoms with van der Waals surface area (Å²) in [5.41, 5.74) is 1.99. The maximum Gasteiger partial charge on any atom is 0.232 e. The molecule has 7 heteroatoms. The van der Waals surface area contributed by atoms with Crippen LogP contribution in [0.3, 0.4) is 0 Å². The molecule has 5 nitrogen and oxygen atoms in total. The predicted molar refractivity (Wildman–Crippen MR) is 115 cm³/mol. The molecule has 1 heterocycles. The molecule has 29 heavy (non-hydrogen) atoms. The molecule has 3 rings (SSSR count). The average molecular weight is 434 g/mol. The summed E-state index contributed by atoms with van der Waals surface area (Å²) in [6, 6.07) is 13.7. The van der Waals surface area contributed by atoms with Crippen molar-refractivity contribution in [1.82, 2.24) is 15.5 Å². The number of nitrogens with zero attached hydrogens (tertiary/aromatic N) is 2. The van der Waals surface area contributed by atoms with Crippen LogP contribution < -0.4 is 10.1 Å². The Morgan fingerprint density at radius 2 is 1.93 bits per heavy atom. The van der Waals surface area contributed by atoms with Crippen LogP contribution in [0.2, 0.25) is 10.0 Å². The number of halogens is 2. The van der Waals surface area contributed by atoms with Crippen LogP contribution in [0.25, 0.3) is 0 Å². The highest BCUT2D eigenvalue weighted by Crippen LogP contribution is 2.27. The Balaban J connectivity index is 1.61. The van der Waals surface area contributed by atoms with Gasteiger partial charge in [-0.3, -0.25) is 0 Å². The normalized spacial score (nSPS) is 12.8. The summed E-state index contributed by atoms with van der Waals surface area (Å²) in [7, 11) is 0. The lowest BCUT2D eigenvalue weighted by molar-refractivity contribution is 0.280. The molecule has 0 spiro atoms. The van der Waals surface area contributed by atoms with Gasteiger partial charge in [-0.1, -0.05) is 67.3 Å². The minimum atomic E-state index is -0.200. The van der Waals surface area contributed by atoms with E-state index in [4.69, 9.17) is 32.5 Å². The zero-order valence-electron chi connectivity index (χ0n) is 17.0. The largest absolute Gasteiger partial charge is 0.484 e. The van der Waals surface area contributed by atoms with Gasteiger partial charge in [-0.05, 0) is 42.3 Å². The van der Waals surface area contributed by atoms with E-state index in [1.807, 2.05) is 57.2 Å². The highest BCUT2D eigenvalue weighted by Gasteiger charge is 2.22. The third-order valence-electron chi connectivity index (χ3n) is 4.42. The Bertz CT molecular complexity index is 967. The summed E-state index contributed by atoms with van der Waals surface area (Å²) in [4.78, 5) is 4.38. The first-order valence-electron chi connectivity index (χ1n) is 9.45. The fourth-order valence-electron chi connectivity index (χ4n) is 2.69. The van der Waals surface area contributed by atoms with E-state index in [2.05, 4.69) is 28.4 Å². The molecule has 0 aliphatic rings. The molecule has 0 amide bonds. The second kappa shape index (κ2) is 9.16. The lowest BCUT2D eigenvalue weighted by Gasteiger charge is -2.15. The minimum Gasteiger partial charge on any atom is -0.484 e. The number of hydrogen-bond acceptors (Lipinski definition) is 5. The highest BCUT2D eigenvalue weighted by molar-refractivity contribution is 6.32. The maximum absolute atomic E-state index is 6.29. The smallest absolute Gasteiger partial charge is 0.232 e. The van der Waals surface area contributed by atoms with Crippen LogP contribution in [0.4, 0.5) is 0 Å². The minimum absolute atomic E-state index is 0.156. The third kappa shape index (κ3) is 5.95. The third-order valence-corrected chi connectivity index (χ3v) is 4.97. The van der Waals surface area contributed by atoms with Gasteiger partial charge in [0.25, 0.3) is 0 Å². The number of ether oxygens (including phenoxy) is 1. The van der Waals surface area contributed by atoms with Crippen molar-refractivity contribution in [2.24, 2.45) is 0 Å². The standard InChI is InChI=1S/C22H25Cl2N3O2/c1-14(16-6-5-7-17(23)11-16)25-12-15-8-9-18(24)19(10-15)28-13-20-26-21(29-27-20)22(2,3)4/h5-11,14,25H,12-13H2,1-4H3/t14-/m1/s1. The molecule has 0 saturated heterocycles. The van der Waals surface area contributed by atoms with E-state index in [9.17, 15) is 0 Å². The van der Waals surface area contributed by atoms with Crippen molar-refractivity contribution in [1.29, 1.82) is 0 Å². The number of aromatic nitrogens is 2. The van der Waals surface area contributed by atoms with Crippen LogP contribution >= 0.6 is 23.2 Å². The molecule has 0 aliphatic carbocycles. The van der Waals surface area contributed by atoms with Gasteiger partial charge in [0.15, 0.2) is 6.61 Å². The van der Waals surface area contributed by atoms with Crippen LogP contribution in [0.15, 0.2) is 47.0 Å². The van der Waals surface area contributed by atoms with Crippen molar-refractivity contribution in [3.05, 3.63) is 75.4 Å². The van der Waals surface area contributed by atoms with Gasteiger partial charge in [0.05, 0.1) is 5.02 Å². The SMILES string of the molecule is C[C@@H](NCc1ccc(Cl)c(OCc2noc(C(C)(C)C)n2)c1)c1cccc(Cl)c1. The van der Waals surface area contributed by atoms with Crippen molar-refractivity contribution in [3.8, 4) is 5.75 Å². The molecule has 0 aliphatic heterocycles. The van der Waals surface area contributed by atoms with Gasteiger partial charge in [-0.15, -0.1) is 0 Å². The molecule has 2 aromatic carbocycles. The second-order valence-corrected chi connectivity index (χ2v) is 8.82. The Morgan fingerprint density at radius 3 is 2.62 bits per heavy atom. The van der Waals surface area contributed by atoms with Gasteiger partial charge in [0.1, 0.15) is 5.75 Å². The van der Waals surface area contributed by atoms with Crippen LogP contribution in [0, 0.1) is 0 Å². The van der Waals surface area contributed by atoms with E-state index >= 15 is 0 Å². The fourth-order valence-corrected chi connectivity index (χ4v) is 3.06. The summed E-state index contributed by atoms with van der Waals surface area (Å²) in [5, 5.41) is 8.73. The van der Waals surface area contributed by atoms with Gasteiger partial charge in [-0.25, -0.2) is 0 Å². The van der Waals surface area contributed by atoms with Crippen LogP contribution in [-0.4, -0.2) is 10.1 Å². The first-order valence-corrected chi connectivity index (χ1v) is 10.2. The molecule has 1 atom stereocenters. The molecule has 0 bridgehead atoms. The molecular formula is C22H25Cl2N3O2. The Labute approximate surface area is 181 Å². The van der Waals surface area contributed by atoms with E-state index in [1.165, 1.54) is 0 Å².